The first kappa shape index (κ1) is 14.3. The van der Waals surface area contributed by atoms with Crippen molar-refractivity contribution < 1.29 is 0 Å². The molecule has 0 bridgehead atoms. The van der Waals surface area contributed by atoms with Crippen LogP contribution in [0.2, 0.25) is 0 Å². The molecule has 3 nitrogen and oxygen atoms in total. The second kappa shape index (κ2) is 6.36. The number of nitrogens with one attached hydrogen (secondary N) is 1. The van der Waals surface area contributed by atoms with Crippen LogP contribution in [0.4, 0.5) is 0 Å². The fourth-order valence-electron chi connectivity index (χ4n) is 3.89. The number of likely N-dealkylation sites (N-methyl/N-ethyl adjacent to an activating group) is 1. The molecule has 0 amide bonds. The van der Waals surface area contributed by atoms with Gasteiger partial charge in [0.25, 0.3) is 0 Å². The molecule has 2 fully saturated rings. The molecule has 0 aromatic carbocycles. The van der Waals surface area contributed by atoms with Gasteiger partial charge in [0.15, 0.2) is 0 Å². The summed E-state index contributed by atoms with van der Waals surface area (Å²) >= 11 is 0. The average molecular weight is 253 g/mol. The third-order valence-corrected chi connectivity index (χ3v) is 4.64. The molecule has 3 heteroatoms. The highest BCUT2D eigenvalue weighted by Gasteiger charge is 2.37. The van der Waals surface area contributed by atoms with Crippen molar-refractivity contribution in [1.82, 2.24) is 15.1 Å². The molecule has 0 saturated carbocycles. The monoisotopic (exact) mass is 253 g/mol. The second-order valence-corrected chi connectivity index (χ2v) is 6.59. The lowest BCUT2D eigenvalue weighted by atomic mass is 9.91. The summed E-state index contributed by atoms with van der Waals surface area (Å²) in [5.74, 6) is 0. The van der Waals surface area contributed by atoms with Crippen LogP contribution in [0.5, 0.6) is 0 Å². The van der Waals surface area contributed by atoms with Crippen LogP contribution in [0.3, 0.4) is 0 Å². The van der Waals surface area contributed by atoms with Crippen molar-refractivity contribution in [2.45, 2.75) is 57.0 Å². The van der Waals surface area contributed by atoms with E-state index in [9.17, 15) is 0 Å². The molecule has 2 rings (SSSR count). The number of rotatable bonds is 6. The Hall–Kier alpha value is -0.120. The van der Waals surface area contributed by atoms with Gasteiger partial charge in [-0.25, -0.2) is 0 Å². The molecular formula is C15H31N3. The largest absolute Gasteiger partial charge is 0.310 e. The Morgan fingerprint density at radius 2 is 2.17 bits per heavy atom. The van der Waals surface area contributed by atoms with E-state index in [-0.39, 0.29) is 0 Å². The molecule has 2 atom stereocenters. The number of hydrogen-bond acceptors (Lipinski definition) is 3. The fraction of sp³-hybridized carbons (Fsp3) is 1.00. The lowest BCUT2D eigenvalue weighted by Gasteiger charge is -2.37. The maximum atomic E-state index is 3.82. The van der Waals surface area contributed by atoms with Crippen molar-refractivity contribution in [1.29, 1.82) is 0 Å². The molecule has 1 N–H and O–H groups in total. The van der Waals surface area contributed by atoms with Crippen LogP contribution in [0, 0.1) is 0 Å². The first-order valence-electron chi connectivity index (χ1n) is 7.79. The number of nitrogens with zero attached hydrogens (tertiary/aromatic N) is 2. The van der Waals surface area contributed by atoms with Crippen molar-refractivity contribution in [3.63, 3.8) is 0 Å². The Morgan fingerprint density at radius 3 is 2.78 bits per heavy atom. The maximum Gasteiger partial charge on any atom is 0.0309 e. The summed E-state index contributed by atoms with van der Waals surface area (Å²) in [6.45, 7) is 7.36. The van der Waals surface area contributed by atoms with E-state index in [4.69, 9.17) is 0 Å². The zero-order chi connectivity index (χ0) is 13.0. The van der Waals surface area contributed by atoms with Crippen molar-refractivity contribution >= 4 is 0 Å². The first-order chi connectivity index (χ1) is 8.65. The van der Waals surface area contributed by atoms with Crippen molar-refractivity contribution in [3.05, 3.63) is 0 Å². The Morgan fingerprint density at radius 1 is 1.33 bits per heavy atom. The van der Waals surface area contributed by atoms with E-state index in [0.717, 1.165) is 6.04 Å². The third-order valence-electron chi connectivity index (χ3n) is 4.64. The van der Waals surface area contributed by atoms with Gasteiger partial charge >= 0.3 is 0 Å². The van der Waals surface area contributed by atoms with E-state index in [1.807, 2.05) is 0 Å². The van der Waals surface area contributed by atoms with Crippen LogP contribution in [0.1, 0.15) is 45.4 Å². The minimum atomic E-state index is 0.434. The minimum Gasteiger partial charge on any atom is -0.310 e. The topological polar surface area (TPSA) is 18.5 Å². The van der Waals surface area contributed by atoms with Gasteiger partial charge in [-0.3, -0.25) is 4.90 Å². The Bertz CT molecular complexity index is 246. The normalized spacial score (nSPS) is 33.7. The smallest absolute Gasteiger partial charge is 0.0309 e. The van der Waals surface area contributed by atoms with Gasteiger partial charge in [0.2, 0.25) is 0 Å². The number of hydrogen-bond donors (Lipinski definition) is 1. The molecule has 0 aliphatic carbocycles. The van der Waals surface area contributed by atoms with E-state index < -0.39 is 0 Å². The fourth-order valence-corrected chi connectivity index (χ4v) is 3.89. The molecule has 2 saturated heterocycles. The number of likely N-dealkylation sites (tertiary alicyclic amines) is 1. The highest BCUT2D eigenvalue weighted by Crippen LogP contribution is 2.29. The predicted octanol–water partition coefficient (Wildman–Crippen LogP) is 1.93. The molecule has 0 aromatic heterocycles. The third kappa shape index (κ3) is 3.46. The van der Waals surface area contributed by atoms with E-state index >= 15 is 0 Å². The molecule has 0 radical (unpaired) electrons. The highest BCUT2D eigenvalue weighted by molar-refractivity contribution is 4.97. The molecule has 2 aliphatic rings. The summed E-state index contributed by atoms with van der Waals surface area (Å²) in [4.78, 5) is 5.10. The van der Waals surface area contributed by atoms with Gasteiger partial charge < -0.3 is 10.2 Å². The van der Waals surface area contributed by atoms with Gasteiger partial charge in [0.05, 0.1) is 0 Å². The summed E-state index contributed by atoms with van der Waals surface area (Å²) in [5.41, 5.74) is 0.434. The maximum absolute atomic E-state index is 3.82. The molecule has 0 aromatic rings. The zero-order valence-corrected chi connectivity index (χ0v) is 12.5. The van der Waals surface area contributed by atoms with Crippen LogP contribution in [-0.4, -0.2) is 61.7 Å². The standard InChI is InChI=1S/C15H31N3/c1-4-8-15(9-6-10-16-15)13-18-11-5-7-14(18)12-17(2)3/h14,16H,4-13H2,1-3H3. The van der Waals surface area contributed by atoms with Gasteiger partial charge in [0.1, 0.15) is 0 Å². The van der Waals surface area contributed by atoms with Crippen LogP contribution in [-0.2, 0) is 0 Å². The van der Waals surface area contributed by atoms with Gasteiger partial charge in [-0.15, -0.1) is 0 Å². The average Bonchev–Trinajstić information content (AvgIpc) is 2.90. The van der Waals surface area contributed by atoms with Gasteiger partial charge in [-0.1, -0.05) is 13.3 Å². The summed E-state index contributed by atoms with van der Waals surface area (Å²) in [6, 6.07) is 0.788. The van der Waals surface area contributed by atoms with Crippen molar-refractivity contribution in [2.75, 3.05) is 40.3 Å². The van der Waals surface area contributed by atoms with Crippen molar-refractivity contribution in [2.24, 2.45) is 0 Å². The van der Waals surface area contributed by atoms with Gasteiger partial charge in [-0.2, -0.15) is 0 Å². The lowest BCUT2D eigenvalue weighted by molar-refractivity contribution is 0.150. The lowest BCUT2D eigenvalue weighted by Crippen LogP contribution is -2.52. The van der Waals surface area contributed by atoms with E-state index in [2.05, 4.69) is 36.1 Å². The summed E-state index contributed by atoms with van der Waals surface area (Å²) < 4.78 is 0. The van der Waals surface area contributed by atoms with Crippen LogP contribution < -0.4 is 5.32 Å². The van der Waals surface area contributed by atoms with Crippen LogP contribution >= 0.6 is 0 Å². The Labute approximate surface area is 113 Å². The molecule has 106 valence electrons. The van der Waals surface area contributed by atoms with E-state index in [0.29, 0.717) is 5.54 Å². The molecule has 2 unspecified atom stereocenters. The van der Waals surface area contributed by atoms with Crippen LogP contribution in [0.15, 0.2) is 0 Å². The Kier molecular flexibility index (Phi) is 5.05. The second-order valence-electron chi connectivity index (χ2n) is 6.59. The van der Waals surface area contributed by atoms with Crippen molar-refractivity contribution in [3.8, 4) is 0 Å². The van der Waals surface area contributed by atoms with Crippen LogP contribution in [0.25, 0.3) is 0 Å². The minimum absolute atomic E-state index is 0.434. The SMILES string of the molecule is CCCC1(CN2CCCC2CN(C)C)CCCN1. The molecular weight excluding hydrogens is 222 g/mol. The zero-order valence-electron chi connectivity index (χ0n) is 12.5. The quantitative estimate of drug-likeness (QED) is 0.780. The highest BCUT2D eigenvalue weighted by atomic mass is 15.2. The molecule has 0 spiro atoms. The molecule has 2 heterocycles. The predicted molar refractivity (Wildman–Crippen MR) is 78.0 cm³/mol. The van der Waals surface area contributed by atoms with Gasteiger partial charge in [0, 0.05) is 24.7 Å². The summed E-state index contributed by atoms with van der Waals surface area (Å²) in [7, 11) is 4.40. The summed E-state index contributed by atoms with van der Waals surface area (Å²) in [6.07, 6.45) is 8.18. The van der Waals surface area contributed by atoms with E-state index in [1.54, 1.807) is 0 Å². The Balaban J connectivity index is 1.93. The molecule has 2 aliphatic heterocycles. The van der Waals surface area contributed by atoms with E-state index in [1.165, 1.54) is 64.7 Å². The summed E-state index contributed by atoms with van der Waals surface area (Å²) in [5, 5.41) is 3.82. The molecule has 18 heavy (non-hydrogen) atoms. The first-order valence-corrected chi connectivity index (χ1v) is 7.79. The van der Waals surface area contributed by atoms with Gasteiger partial charge in [-0.05, 0) is 59.3 Å².